The Hall–Kier alpha value is -3.72. The number of H-pyrrole nitrogens is 1. The van der Waals surface area contributed by atoms with E-state index in [2.05, 4.69) is 10.3 Å². The summed E-state index contributed by atoms with van der Waals surface area (Å²) in [6.45, 7) is 2.94. The van der Waals surface area contributed by atoms with Crippen LogP contribution in [0, 0.1) is 10.1 Å². The predicted molar refractivity (Wildman–Crippen MR) is 116 cm³/mol. The zero-order valence-electron chi connectivity index (χ0n) is 16.9. The Bertz CT molecular complexity index is 1100. The van der Waals surface area contributed by atoms with Crippen LogP contribution >= 0.6 is 0 Å². The predicted octanol–water partition coefficient (Wildman–Crippen LogP) is 2.15. The number of piperazine rings is 1. The third-order valence-electron chi connectivity index (χ3n) is 5.47. The van der Waals surface area contributed by atoms with Gasteiger partial charge in [0.15, 0.2) is 0 Å². The van der Waals surface area contributed by atoms with Crippen molar-refractivity contribution < 1.29 is 14.5 Å². The maximum absolute atomic E-state index is 13.0. The van der Waals surface area contributed by atoms with Gasteiger partial charge in [0.2, 0.25) is 5.91 Å². The first-order valence-electron chi connectivity index (χ1n) is 10.1. The molecule has 2 amide bonds. The normalized spacial score (nSPS) is 14.5. The number of carbonyl (C=O) groups is 2. The summed E-state index contributed by atoms with van der Waals surface area (Å²) in [5.41, 5.74) is 2.10. The summed E-state index contributed by atoms with van der Waals surface area (Å²) in [4.78, 5) is 42.5. The highest BCUT2D eigenvalue weighted by Crippen LogP contribution is 2.25. The summed E-state index contributed by atoms with van der Waals surface area (Å²) in [6, 6.07) is 14.2. The molecule has 0 atom stereocenters. The van der Waals surface area contributed by atoms with Crippen molar-refractivity contribution in [2.24, 2.45) is 0 Å². The minimum Gasteiger partial charge on any atom is -0.360 e. The number of hydrogen-bond donors (Lipinski definition) is 2. The van der Waals surface area contributed by atoms with Gasteiger partial charge in [0, 0.05) is 62.0 Å². The lowest BCUT2D eigenvalue weighted by molar-refractivity contribution is -0.384. The molecule has 2 N–H and O–H groups in total. The van der Waals surface area contributed by atoms with E-state index in [1.807, 2.05) is 35.2 Å². The van der Waals surface area contributed by atoms with Crippen molar-refractivity contribution in [1.29, 1.82) is 0 Å². The van der Waals surface area contributed by atoms with Crippen molar-refractivity contribution in [2.45, 2.75) is 6.54 Å². The van der Waals surface area contributed by atoms with E-state index < -0.39 is 4.92 Å². The monoisotopic (exact) mass is 421 g/mol. The smallest absolute Gasteiger partial charge is 0.270 e. The molecule has 0 saturated carbocycles. The largest absolute Gasteiger partial charge is 0.360 e. The average Bonchev–Trinajstić information content (AvgIpc) is 3.21. The molecule has 1 aromatic heterocycles. The molecule has 0 radical (unpaired) electrons. The molecule has 9 nitrogen and oxygen atoms in total. The van der Waals surface area contributed by atoms with Crippen molar-refractivity contribution in [2.75, 3.05) is 32.7 Å². The molecule has 1 aliphatic rings. The summed E-state index contributed by atoms with van der Waals surface area (Å²) in [5.74, 6) is -0.215. The number of benzene rings is 2. The third-order valence-corrected chi connectivity index (χ3v) is 5.47. The fourth-order valence-corrected chi connectivity index (χ4v) is 3.73. The number of rotatable bonds is 6. The van der Waals surface area contributed by atoms with Crippen LogP contribution in [0.15, 0.2) is 54.7 Å². The van der Waals surface area contributed by atoms with E-state index in [4.69, 9.17) is 0 Å². The van der Waals surface area contributed by atoms with Crippen molar-refractivity contribution in [3.05, 3.63) is 76.0 Å². The van der Waals surface area contributed by atoms with Gasteiger partial charge in [-0.25, -0.2) is 0 Å². The van der Waals surface area contributed by atoms with Crippen molar-refractivity contribution in [3.63, 3.8) is 0 Å². The van der Waals surface area contributed by atoms with E-state index in [1.165, 1.54) is 12.1 Å². The van der Waals surface area contributed by atoms with E-state index in [9.17, 15) is 19.7 Å². The molecule has 0 spiro atoms. The molecule has 0 unspecified atom stereocenters. The number of hydrogen-bond acceptors (Lipinski definition) is 5. The fourth-order valence-electron chi connectivity index (χ4n) is 3.73. The molecule has 0 bridgehead atoms. The molecule has 9 heteroatoms. The summed E-state index contributed by atoms with van der Waals surface area (Å²) >= 11 is 0. The van der Waals surface area contributed by atoms with Gasteiger partial charge in [0.1, 0.15) is 0 Å². The Morgan fingerprint density at radius 2 is 1.81 bits per heavy atom. The molecule has 0 aliphatic carbocycles. The van der Waals surface area contributed by atoms with E-state index in [0.717, 1.165) is 5.56 Å². The first kappa shape index (κ1) is 20.5. The summed E-state index contributed by atoms with van der Waals surface area (Å²) in [5, 5.41) is 14.5. The van der Waals surface area contributed by atoms with Crippen LogP contribution in [0.3, 0.4) is 0 Å². The van der Waals surface area contributed by atoms with Gasteiger partial charge in [-0.1, -0.05) is 30.3 Å². The van der Waals surface area contributed by atoms with Gasteiger partial charge in [-0.2, -0.15) is 0 Å². The van der Waals surface area contributed by atoms with Crippen molar-refractivity contribution in [3.8, 4) is 0 Å². The number of aromatic amines is 1. The number of nitrogens with one attached hydrogen (secondary N) is 2. The maximum Gasteiger partial charge on any atom is 0.270 e. The van der Waals surface area contributed by atoms with Gasteiger partial charge < -0.3 is 15.2 Å². The highest BCUT2D eigenvalue weighted by molar-refractivity contribution is 6.07. The molecule has 2 aromatic carbocycles. The van der Waals surface area contributed by atoms with Gasteiger partial charge in [-0.05, 0) is 11.6 Å². The minimum atomic E-state index is -0.470. The lowest BCUT2D eigenvalue weighted by Crippen LogP contribution is -2.51. The van der Waals surface area contributed by atoms with Gasteiger partial charge in [0.25, 0.3) is 11.6 Å². The number of non-ortho nitro benzene ring substituents is 1. The number of aromatic nitrogens is 1. The van der Waals surface area contributed by atoms with E-state index in [-0.39, 0.29) is 24.0 Å². The molecule has 1 saturated heterocycles. The van der Waals surface area contributed by atoms with Crippen LogP contribution in [0.4, 0.5) is 5.69 Å². The van der Waals surface area contributed by atoms with Gasteiger partial charge >= 0.3 is 0 Å². The Morgan fingerprint density at radius 3 is 2.52 bits per heavy atom. The van der Waals surface area contributed by atoms with Crippen molar-refractivity contribution >= 4 is 28.4 Å². The topological polar surface area (TPSA) is 112 Å². The van der Waals surface area contributed by atoms with E-state index in [1.54, 1.807) is 17.2 Å². The highest BCUT2D eigenvalue weighted by atomic mass is 16.6. The van der Waals surface area contributed by atoms with Crippen LogP contribution in [0.5, 0.6) is 0 Å². The van der Waals surface area contributed by atoms with E-state index in [0.29, 0.717) is 49.2 Å². The molecule has 2 heterocycles. The Morgan fingerprint density at radius 1 is 1.06 bits per heavy atom. The first-order valence-corrected chi connectivity index (χ1v) is 10.1. The molecule has 1 aliphatic heterocycles. The number of fused-ring (bicyclic) bond motifs is 1. The molecule has 31 heavy (non-hydrogen) atoms. The summed E-state index contributed by atoms with van der Waals surface area (Å²) < 4.78 is 0. The molecule has 4 rings (SSSR count). The van der Waals surface area contributed by atoms with Crippen LogP contribution in [-0.4, -0.2) is 64.2 Å². The number of carbonyl (C=O) groups excluding carboxylic acids is 2. The molecule has 3 aromatic rings. The minimum absolute atomic E-state index is 0.0485. The van der Waals surface area contributed by atoms with Gasteiger partial charge in [0.05, 0.1) is 17.0 Å². The Labute approximate surface area is 178 Å². The number of nitro groups is 1. The number of nitrogens with zero attached hydrogens (tertiary/aromatic N) is 3. The highest BCUT2D eigenvalue weighted by Gasteiger charge is 2.25. The second kappa shape index (κ2) is 8.97. The quantitative estimate of drug-likeness (QED) is 0.468. The number of nitro benzene ring substituents is 1. The van der Waals surface area contributed by atoms with Crippen LogP contribution in [0.25, 0.3) is 10.9 Å². The SMILES string of the molecule is O=C(CN1CCN(C(=O)c2c[nH]c3ccc([N+](=O)[O-])cc23)CC1)NCc1ccccc1. The second-order valence-corrected chi connectivity index (χ2v) is 7.52. The Kier molecular flexibility index (Phi) is 5.94. The molecule has 1 fully saturated rings. The summed E-state index contributed by atoms with van der Waals surface area (Å²) in [7, 11) is 0. The first-order chi connectivity index (χ1) is 15.0. The third kappa shape index (κ3) is 4.72. The van der Waals surface area contributed by atoms with E-state index >= 15 is 0 Å². The van der Waals surface area contributed by atoms with Gasteiger partial charge in [-0.3, -0.25) is 24.6 Å². The van der Waals surface area contributed by atoms with Gasteiger partial charge in [-0.15, -0.1) is 0 Å². The fraction of sp³-hybridized carbons (Fsp3) is 0.273. The zero-order chi connectivity index (χ0) is 21.8. The van der Waals surface area contributed by atoms with Crippen LogP contribution in [0.2, 0.25) is 0 Å². The second-order valence-electron chi connectivity index (χ2n) is 7.52. The number of amides is 2. The van der Waals surface area contributed by atoms with Crippen LogP contribution in [0.1, 0.15) is 15.9 Å². The van der Waals surface area contributed by atoms with Crippen LogP contribution in [-0.2, 0) is 11.3 Å². The molecular formula is C22H23N5O4. The Balaban J connectivity index is 1.32. The summed E-state index contributed by atoms with van der Waals surface area (Å²) in [6.07, 6.45) is 1.60. The van der Waals surface area contributed by atoms with Crippen LogP contribution < -0.4 is 5.32 Å². The molecular weight excluding hydrogens is 398 g/mol. The molecule has 160 valence electrons. The lowest BCUT2D eigenvalue weighted by Gasteiger charge is -2.34. The van der Waals surface area contributed by atoms with Crippen molar-refractivity contribution in [1.82, 2.24) is 20.1 Å². The lowest BCUT2D eigenvalue weighted by atomic mass is 10.1. The standard InChI is InChI=1S/C22H23N5O4/c28-21(24-13-16-4-2-1-3-5-16)15-25-8-10-26(11-9-25)22(29)19-14-23-20-7-6-17(27(30)31)12-18(19)20/h1-7,12,14,23H,8-11,13,15H2,(H,24,28). The maximum atomic E-state index is 13.0. The zero-order valence-corrected chi connectivity index (χ0v) is 16.9. The average molecular weight is 421 g/mol.